The smallest absolute Gasteiger partial charge is 0.280 e. The maximum absolute atomic E-state index is 13.0. The molecule has 0 atom stereocenters. The van der Waals surface area contributed by atoms with E-state index in [-0.39, 0.29) is 11.6 Å². The molecule has 150 valence electrons. The first-order valence-electron chi connectivity index (χ1n) is 9.67. The van der Waals surface area contributed by atoms with Crippen LogP contribution in [0.15, 0.2) is 52.6 Å². The summed E-state index contributed by atoms with van der Waals surface area (Å²) in [5, 5.41) is 4.88. The number of nitrogens with zero attached hydrogens (tertiary/aromatic N) is 4. The van der Waals surface area contributed by atoms with Crippen molar-refractivity contribution in [3.63, 3.8) is 0 Å². The third-order valence-corrected chi connectivity index (χ3v) is 5.81. The highest BCUT2D eigenvalue weighted by Crippen LogP contribution is 2.28. The summed E-state index contributed by atoms with van der Waals surface area (Å²) in [6.45, 7) is 7.86. The lowest BCUT2D eigenvalue weighted by molar-refractivity contribution is 0.102. The number of anilines is 1. The summed E-state index contributed by atoms with van der Waals surface area (Å²) >= 11 is 1.50. The van der Waals surface area contributed by atoms with E-state index in [2.05, 4.69) is 38.6 Å². The fourth-order valence-electron chi connectivity index (χ4n) is 3.33. The Morgan fingerprint density at radius 1 is 1.21 bits per heavy atom. The second-order valence-corrected chi connectivity index (χ2v) is 7.51. The van der Waals surface area contributed by atoms with Crippen molar-refractivity contribution in [2.75, 3.05) is 25.0 Å². The molecule has 0 aliphatic rings. The van der Waals surface area contributed by atoms with Gasteiger partial charge in [0, 0.05) is 13.1 Å². The first-order chi connectivity index (χ1) is 14.2. The van der Waals surface area contributed by atoms with Gasteiger partial charge in [-0.3, -0.25) is 10.1 Å². The van der Waals surface area contributed by atoms with Crippen molar-refractivity contribution >= 4 is 34.2 Å². The molecule has 7 nitrogen and oxygen atoms in total. The molecule has 0 saturated carbocycles. The number of hydrogen-bond donors (Lipinski definition) is 1. The van der Waals surface area contributed by atoms with Crippen molar-refractivity contribution in [3.05, 3.63) is 53.9 Å². The monoisotopic (exact) mass is 409 g/mol. The van der Waals surface area contributed by atoms with Gasteiger partial charge in [0.05, 0.1) is 15.9 Å². The highest BCUT2D eigenvalue weighted by molar-refractivity contribution is 7.13. The molecule has 8 heteroatoms. The molecule has 0 spiro atoms. The zero-order chi connectivity index (χ0) is 20.2. The summed E-state index contributed by atoms with van der Waals surface area (Å²) in [5.74, 6) is 0.660. The summed E-state index contributed by atoms with van der Waals surface area (Å²) < 4.78 is 7.52. The number of fused-ring (bicyclic) bond motifs is 1. The van der Waals surface area contributed by atoms with Crippen LogP contribution in [-0.4, -0.2) is 45.0 Å². The second kappa shape index (κ2) is 8.59. The van der Waals surface area contributed by atoms with Crippen LogP contribution in [0.1, 0.15) is 24.3 Å². The molecular formula is C21H23N5O2S. The molecule has 1 N–H and O–H groups in total. The van der Waals surface area contributed by atoms with Crippen LogP contribution in [0.25, 0.3) is 21.7 Å². The fraction of sp³-hybridized carbons (Fsp3) is 0.286. The average molecular weight is 410 g/mol. The van der Waals surface area contributed by atoms with Crippen LogP contribution in [-0.2, 0) is 6.54 Å². The standard InChI is InChI=1S/C21H23N5O2S/c1-3-25(4-2)11-12-26-16-9-6-5-8-15(16)23-21(26)24-20(27)18-19(28-14-22-18)17-10-7-13-29-17/h5-10,13-14H,3-4,11-12H2,1-2H3,(H,23,24,27). The topological polar surface area (TPSA) is 76.2 Å². The van der Waals surface area contributed by atoms with Gasteiger partial charge in [-0.1, -0.05) is 32.0 Å². The van der Waals surface area contributed by atoms with Crippen LogP contribution >= 0.6 is 11.3 Å². The number of imidazole rings is 1. The van der Waals surface area contributed by atoms with Crippen molar-refractivity contribution in [2.45, 2.75) is 20.4 Å². The molecule has 0 bridgehead atoms. The maximum atomic E-state index is 13.0. The van der Waals surface area contributed by atoms with E-state index in [0.717, 1.165) is 42.1 Å². The van der Waals surface area contributed by atoms with Gasteiger partial charge in [0.1, 0.15) is 0 Å². The van der Waals surface area contributed by atoms with Crippen LogP contribution in [0.2, 0.25) is 0 Å². The van der Waals surface area contributed by atoms with Crippen LogP contribution in [0.5, 0.6) is 0 Å². The SMILES string of the molecule is CCN(CC)CCn1c(NC(=O)c2ncoc2-c2cccs2)nc2ccccc21. The molecule has 4 aromatic rings. The number of benzene rings is 1. The Morgan fingerprint density at radius 2 is 2.03 bits per heavy atom. The minimum absolute atomic E-state index is 0.259. The normalized spacial score (nSPS) is 11.4. The number of likely N-dealkylation sites (N-methyl/N-ethyl adjacent to an activating group) is 1. The number of thiophene rings is 1. The number of para-hydroxylation sites is 2. The highest BCUT2D eigenvalue weighted by atomic mass is 32.1. The van der Waals surface area contributed by atoms with Gasteiger partial charge in [-0.2, -0.15) is 0 Å². The minimum atomic E-state index is -0.332. The van der Waals surface area contributed by atoms with Crippen molar-refractivity contribution in [2.24, 2.45) is 0 Å². The lowest BCUT2D eigenvalue weighted by Gasteiger charge is -2.19. The first-order valence-corrected chi connectivity index (χ1v) is 10.6. The molecule has 1 amide bonds. The lowest BCUT2D eigenvalue weighted by Crippen LogP contribution is -2.27. The number of rotatable bonds is 8. The second-order valence-electron chi connectivity index (χ2n) is 6.56. The number of oxazole rings is 1. The molecule has 0 aliphatic heterocycles. The van der Waals surface area contributed by atoms with Gasteiger partial charge in [0.25, 0.3) is 5.91 Å². The zero-order valence-electron chi connectivity index (χ0n) is 16.5. The van der Waals surface area contributed by atoms with Crippen LogP contribution < -0.4 is 5.32 Å². The van der Waals surface area contributed by atoms with Crippen LogP contribution in [0.3, 0.4) is 0 Å². The number of carbonyl (C=O) groups excluding carboxylic acids is 1. The molecule has 1 aromatic carbocycles. The van der Waals surface area contributed by atoms with E-state index in [9.17, 15) is 4.79 Å². The molecule has 0 fully saturated rings. The molecule has 29 heavy (non-hydrogen) atoms. The first kappa shape index (κ1) is 19.4. The number of carbonyl (C=O) groups is 1. The summed E-state index contributed by atoms with van der Waals surface area (Å²) in [6.07, 6.45) is 1.30. The van der Waals surface area contributed by atoms with E-state index in [4.69, 9.17) is 4.42 Å². The Morgan fingerprint density at radius 3 is 2.79 bits per heavy atom. The van der Waals surface area contributed by atoms with E-state index in [1.165, 1.54) is 17.7 Å². The summed E-state index contributed by atoms with van der Waals surface area (Å²) in [7, 11) is 0. The largest absolute Gasteiger partial charge is 0.442 e. The maximum Gasteiger partial charge on any atom is 0.280 e. The molecular weight excluding hydrogens is 386 g/mol. The predicted octanol–water partition coefficient (Wildman–Crippen LogP) is 4.35. The third kappa shape index (κ3) is 3.94. The van der Waals surface area contributed by atoms with Gasteiger partial charge in [-0.05, 0) is 36.7 Å². The quantitative estimate of drug-likeness (QED) is 0.468. The van der Waals surface area contributed by atoms with Gasteiger partial charge in [-0.25, -0.2) is 9.97 Å². The van der Waals surface area contributed by atoms with E-state index in [1.54, 1.807) is 0 Å². The van der Waals surface area contributed by atoms with E-state index in [1.807, 2.05) is 41.8 Å². The molecule has 0 radical (unpaired) electrons. The van der Waals surface area contributed by atoms with Gasteiger partial charge in [-0.15, -0.1) is 11.3 Å². The third-order valence-electron chi connectivity index (χ3n) is 4.94. The Kier molecular flexibility index (Phi) is 5.73. The Labute approximate surface area is 173 Å². The summed E-state index contributed by atoms with van der Waals surface area (Å²) in [5.41, 5.74) is 2.10. The predicted molar refractivity (Wildman–Crippen MR) is 115 cm³/mol. The number of nitrogens with one attached hydrogen (secondary N) is 1. The molecule has 3 aromatic heterocycles. The van der Waals surface area contributed by atoms with Crippen molar-refractivity contribution in [3.8, 4) is 10.6 Å². The summed E-state index contributed by atoms with van der Waals surface area (Å²) in [4.78, 5) is 25.0. The van der Waals surface area contributed by atoms with Crippen molar-refractivity contribution < 1.29 is 9.21 Å². The Hall–Kier alpha value is -2.97. The number of aromatic nitrogens is 3. The Bertz CT molecular complexity index is 1100. The van der Waals surface area contributed by atoms with Gasteiger partial charge >= 0.3 is 0 Å². The van der Waals surface area contributed by atoms with E-state index < -0.39 is 0 Å². The van der Waals surface area contributed by atoms with Crippen LogP contribution in [0.4, 0.5) is 5.95 Å². The van der Waals surface area contributed by atoms with Gasteiger partial charge in [0.2, 0.25) is 5.95 Å². The van der Waals surface area contributed by atoms with Gasteiger partial charge in [0.15, 0.2) is 17.8 Å². The zero-order valence-corrected chi connectivity index (χ0v) is 17.3. The van der Waals surface area contributed by atoms with Crippen molar-refractivity contribution in [1.82, 2.24) is 19.4 Å². The van der Waals surface area contributed by atoms with E-state index >= 15 is 0 Å². The molecule has 0 unspecified atom stereocenters. The van der Waals surface area contributed by atoms with Gasteiger partial charge < -0.3 is 13.9 Å². The highest BCUT2D eigenvalue weighted by Gasteiger charge is 2.21. The lowest BCUT2D eigenvalue weighted by atomic mass is 10.3. The molecule has 3 heterocycles. The molecule has 4 rings (SSSR count). The summed E-state index contributed by atoms with van der Waals surface area (Å²) in [6, 6.07) is 11.7. The number of amides is 1. The number of hydrogen-bond acceptors (Lipinski definition) is 6. The van der Waals surface area contributed by atoms with Crippen molar-refractivity contribution in [1.29, 1.82) is 0 Å². The Balaban J connectivity index is 1.63. The fourth-order valence-corrected chi connectivity index (χ4v) is 4.04. The molecule has 0 aliphatic carbocycles. The van der Waals surface area contributed by atoms with E-state index in [0.29, 0.717) is 11.7 Å². The average Bonchev–Trinajstić information content (AvgIpc) is 3.48. The minimum Gasteiger partial charge on any atom is -0.442 e. The molecule has 0 saturated heterocycles. The van der Waals surface area contributed by atoms with Crippen LogP contribution in [0, 0.1) is 0 Å².